The van der Waals surface area contributed by atoms with Crippen LogP contribution in [0.15, 0.2) is 47.4 Å². The Morgan fingerprint density at radius 3 is 2.21 bits per heavy atom. The molecule has 0 unspecified atom stereocenters. The number of rotatable bonds is 9. The molecule has 0 bridgehead atoms. The molecular formula is C20H26ClN3O3S. The number of carbonyl (C=O) groups is 1. The van der Waals surface area contributed by atoms with Crippen LogP contribution in [0.4, 0.5) is 0 Å². The molecule has 0 aromatic heterocycles. The fourth-order valence-electron chi connectivity index (χ4n) is 2.71. The Balaban J connectivity index is 2.03. The zero-order valence-electron chi connectivity index (χ0n) is 16.3. The molecule has 0 spiro atoms. The molecule has 2 N–H and O–H groups in total. The highest BCUT2D eigenvalue weighted by atomic mass is 35.5. The van der Waals surface area contributed by atoms with Gasteiger partial charge in [-0.15, -0.1) is 0 Å². The van der Waals surface area contributed by atoms with Crippen LogP contribution in [0.25, 0.3) is 0 Å². The number of benzene rings is 2. The van der Waals surface area contributed by atoms with Crippen molar-refractivity contribution >= 4 is 27.5 Å². The highest BCUT2D eigenvalue weighted by Gasteiger charge is 2.18. The average molecular weight is 424 g/mol. The third-order valence-corrected chi connectivity index (χ3v) is 6.42. The predicted molar refractivity (Wildman–Crippen MR) is 112 cm³/mol. The number of nitrogens with zero attached hydrogens (tertiary/aromatic N) is 1. The molecule has 28 heavy (non-hydrogen) atoms. The number of sulfonamides is 1. The van der Waals surface area contributed by atoms with Gasteiger partial charge in [0.1, 0.15) is 4.90 Å². The summed E-state index contributed by atoms with van der Waals surface area (Å²) in [5, 5.41) is 2.87. The van der Waals surface area contributed by atoms with Crippen molar-refractivity contribution in [3.63, 3.8) is 0 Å². The van der Waals surface area contributed by atoms with Crippen molar-refractivity contribution in [3.05, 3.63) is 64.2 Å². The summed E-state index contributed by atoms with van der Waals surface area (Å²) in [5.41, 5.74) is 2.42. The first-order chi connectivity index (χ1) is 13.3. The van der Waals surface area contributed by atoms with E-state index in [2.05, 4.69) is 40.9 Å². The summed E-state index contributed by atoms with van der Waals surface area (Å²) >= 11 is 5.95. The first-order valence-electron chi connectivity index (χ1n) is 9.12. The Kier molecular flexibility index (Phi) is 8.00. The molecule has 6 nitrogen and oxygen atoms in total. The highest BCUT2D eigenvalue weighted by molar-refractivity contribution is 7.89. The predicted octanol–water partition coefficient (Wildman–Crippen LogP) is 3.02. The molecule has 0 saturated carbocycles. The van der Waals surface area contributed by atoms with Crippen LogP contribution in [-0.2, 0) is 23.1 Å². The lowest BCUT2D eigenvalue weighted by atomic mass is 10.1. The summed E-state index contributed by atoms with van der Waals surface area (Å²) in [7, 11) is -2.44. The van der Waals surface area contributed by atoms with Crippen molar-refractivity contribution in [2.75, 3.05) is 20.1 Å². The lowest BCUT2D eigenvalue weighted by Gasteiger charge is -2.18. The minimum absolute atomic E-state index is 0.0645. The molecule has 2 aromatic rings. The number of nitrogens with one attached hydrogen (secondary N) is 2. The number of carbonyl (C=O) groups excluding carboxylic acids is 1. The van der Waals surface area contributed by atoms with Gasteiger partial charge < -0.3 is 5.32 Å². The molecule has 0 atom stereocenters. The molecule has 0 radical (unpaired) electrons. The van der Waals surface area contributed by atoms with Gasteiger partial charge in [0.05, 0.1) is 5.02 Å². The topological polar surface area (TPSA) is 78.5 Å². The van der Waals surface area contributed by atoms with E-state index in [4.69, 9.17) is 11.6 Å². The molecule has 0 aliphatic heterocycles. The highest BCUT2D eigenvalue weighted by Crippen LogP contribution is 2.22. The summed E-state index contributed by atoms with van der Waals surface area (Å²) < 4.78 is 26.2. The Morgan fingerprint density at radius 1 is 1.04 bits per heavy atom. The summed E-state index contributed by atoms with van der Waals surface area (Å²) in [6.45, 7) is 7.52. The Bertz CT molecular complexity index is 911. The first kappa shape index (κ1) is 22.4. The fraction of sp³-hybridized carbons (Fsp3) is 0.350. The molecule has 2 rings (SSSR count). The molecule has 1 amide bonds. The van der Waals surface area contributed by atoms with Crippen LogP contribution in [0.3, 0.4) is 0 Å². The van der Waals surface area contributed by atoms with E-state index in [1.54, 1.807) is 0 Å². The smallest absolute Gasteiger partial charge is 0.251 e. The van der Waals surface area contributed by atoms with Gasteiger partial charge >= 0.3 is 0 Å². The van der Waals surface area contributed by atoms with Crippen LogP contribution >= 0.6 is 11.6 Å². The largest absolute Gasteiger partial charge is 0.348 e. The van der Waals surface area contributed by atoms with Crippen LogP contribution in [0, 0.1) is 0 Å². The summed E-state index contributed by atoms with van der Waals surface area (Å²) in [5.74, 6) is -0.364. The minimum Gasteiger partial charge on any atom is -0.348 e. The number of halogens is 1. The van der Waals surface area contributed by atoms with E-state index in [-0.39, 0.29) is 21.4 Å². The number of hydrogen-bond donors (Lipinski definition) is 2. The molecular weight excluding hydrogens is 398 g/mol. The maximum atomic E-state index is 12.4. The van der Waals surface area contributed by atoms with Gasteiger partial charge in [-0.25, -0.2) is 13.1 Å². The van der Waals surface area contributed by atoms with Crippen molar-refractivity contribution in [1.29, 1.82) is 0 Å². The zero-order valence-corrected chi connectivity index (χ0v) is 17.9. The maximum Gasteiger partial charge on any atom is 0.251 e. The van der Waals surface area contributed by atoms with E-state index in [1.165, 1.54) is 30.8 Å². The van der Waals surface area contributed by atoms with E-state index in [0.717, 1.165) is 25.2 Å². The Labute approximate surface area is 171 Å². The lowest BCUT2D eigenvalue weighted by molar-refractivity contribution is 0.0950. The van der Waals surface area contributed by atoms with E-state index < -0.39 is 10.0 Å². The average Bonchev–Trinajstić information content (AvgIpc) is 2.71. The van der Waals surface area contributed by atoms with Crippen molar-refractivity contribution in [1.82, 2.24) is 14.9 Å². The van der Waals surface area contributed by atoms with E-state index in [1.807, 2.05) is 12.1 Å². The normalized spacial score (nSPS) is 11.6. The van der Waals surface area contributed by atoms with Gasteiger partial charge in [-0.1, -0.05) is 49.7 Å². The molecule has 0 aliphatic rings. The SMILES string of the molecule is CCN(CC)Cc1ccc(CNC(=O)c2ccc(Cl)c(S(=O)(=O)NC)c2)cc1. The molecule has 2 aromatic carbocycles. The second-order valence-corrected chi connectivity index (χ2v) is 8.58. The molecule has 0 aliphatic carbocycles. The standard InChI is InChI=1S/C20H26ClN3O3S/c1-4-24(5-2)14-16-8-6-15(7-9-16)13-23-20(25)17-10-11-18(21)19(12-17)28(26,27)22-3/h6-12,22H,4-5,13-14H2,1-3H3,(H,23,25). The van der Waals surface area contributed by atoms with E-state index in [9.17, 15) is 13.2 Å². The molecule has 8 heteroatoms. The van der Waals surface area contributed by atoms with Crippen LogP contribution in [0.2, 0.25) is 5.02 Å². The first-order valence-corrected chi connectivity index (χ1v) is 11.0. The van der Waals surface area contributed by atoms with Crippen molar-refractivity contribution < 1.29 is 13.2 Å². The monoisotopic (exact) mass is 423 g/mol. The lowest BCUT2D eigenvalue weighted by Crippen LogP contribution is -2.24. The van der Waals surface area contributed by atoms with Gasteiger partial charge in [0, 0.05) is 18.7 Å². The second-order valence-electron chi connectivity index (χ2n) is 6.31. The Morgan fingerprint density at radius 2 is 1.64 bits per heavy atom. The van der Waals surface area contributed by atoms with Crippen molar-refractivity contribution in [2.24, 2.45) is 0 Å². The molecule has 0 saturated heterocycles. The molecule has 0 heterocycles. The van der Waals surface area contributed by atoms with Gasteiger partial charge in [-0.2, -0.15) is 0 Å². The van der Waals surface area contributed by atoms with Crippen LogP contribution in [0.1, 0.15) is 35.3 Å². The summed E-state index contributed by atoms with van der Waals surface area (Å²) in [6.07, 6.45) is 0. The summed E-state index contributed by atoms with van der Waals surface area (Å²) in [4.78, 5) is 14.6. The van der Waals surface area contributed by atoms with Crippen LogP contribution in [0.5, 0.6) is 0 Å². The van der Waals surface area contributed by atoms with E-state index in [0.29, 0.717) is 6.54 Å². The quantitative estimate of drug-likeness (QED) is 0.649. The fourth-order valence-corrected chi connectivity index (χ4v) is 3.96. The molecule has 0 fully saturated rings. The molecule has 152 valence electrons. The van der Waals surface area contributed by atoms with Gasteiger partial charge in [0.25, 0.3) is 5.91 Å². The van der Waals surface area contributed by atoms with Gasteiger partial charge in [0.15, 0.2) is 0 Å². The van der Waals surface area contributed by atoms with Crippen LogP contribution in [-0.4, -0.2) is 39.4 Å². The van der Waals surface area contributed by atoms with Crippen LogP contribution < -0.4 is 10.0 Å². The minimum atomic E-state index is -3.74. The Hall–Kier alpha value is -1.93. The third kappa shape index (κ3) is 5.78. The maximum absolute atomic E-state index is 12.4. The third-order valence-electron chi connectivity index (χ3n) is 4.53. The number of hydrogen-bond acceptors (Lipinski definition) is 4. The zero-order chi connectivity index (χ0) is 20.7. The van der Waals surface area contributed by atoms with Gasteiger partial charge in [-0.05, 0) is 49.5 Å². The second kappa shape index (κ2) is 10.0. The van der Waals surface area contributed by atoms with Gasteiger partial charge in [-0.3, -0.25) is 9.69 Å². The van der Waals surface area contributed by atoms with Crippen molar-refractivity contribution in [2.45, 2.75) is 31.8 Å². The van der Waals surface area contributed by atoms with E-state index >= 15 is 0 Å². The van der Waals surface area contributed by atoms with Gasteiger partial charge in [0.2, 0.25) is 10.0 Å². The number of amides is 1. The van der Waals surface area contributed by atoms with Crippen molar-refractivity contribution in [3.8, 4) is 0 Å². The summed E-state index contributed by atoms with van der Waals surface area (Å²) in [6, 6.07) is 12.3.